The lowest BCUT2D eigenvalue weighted by molar-refractivity contribution is -0.139. The number of ether oxygens (including phenoxy) is 1. The van der Waals surface area contributed by atoms with Crippen LogP contribution in [0.4, 0.5) is 0 Å². The molecule has 0 spiro atoms. The number of benzene rings is 2. The fourth-order valence-electron chi connectivity index (χ4n) is 2.60. The number of carbonyl (C=O) groups is 2. The molecule has 0 radical (unpaired) electrons. The molecule has 0 fully saturated rings. The molecule has 0 bridgehead atoms. The first-order valence-corrected chi connectivity index (χ1v) is 9.68. The molecule has 0 amide bonds. The van der Waals surface area contributed by atoms with E-state index < -0.39 is 23.6 Å². The van der Waals surface area contributed by atoms with Gasteiger partial charge in [0, 0.05) is 6.54 Å². The zero-order valence-corrected chi connectivity index (χ0v) is 17.8. The van der Waals surface area contributed by atoms with Gasteiger partial charge >= 0.3 is 11.9 Å². The summed E-state index contributed by atoms with van der Waals surface area (Å²) in [5.41, 5.74) is 0.609. The summed E-state index contributed by atoms with van der Waals surface area (Å²) in [6, 6.07) is 8.57. The van der Waals surface area contributed by atoms with E-state index in [9.17, 15) is 19.8 Å². The van der Waals surface area contributed by atoms with Crippen LogP contribution in [-0.4, -0.2) is 33.8 Å². The minimum atomic E-state index is -1.03. The van der Waals surface area contributed by atoms with E-state index in [2.05, 4.69) is 5.32 Å². The third-order valence-corrected chi connectivity index (χ3v) is 4.73. The van der Waals surface area contributed by atoms with Gasteiger partial charge in [0.2, 0.25) is 0 Å². The lowest BCUT2D eigenvalue weighted by atomic mass is 10.0. The molecular formula is C21H23Cl2NO5. The number of carbonyl (C=O) groups excluding carboxylic acids is 1. The van der Waals surface area contributed by atoms with E-state index in [4.69, 9.17) is 27.9 Å². The summed E-state index contributed by atoms with van der Waals surface area (Å²) in [6.45, 7) is 5.32. The van der Waals surface area contributed by atoms with Crippen molar-refractivity contribution in [3.05, 3.63) is 63.1 Å². The van der Waals surface area contributed by atoms with Crippen molar-refractivity contribution in [2.24, 2.45) is 0 Å². The van der Waals surface area contributed by atoms with Crippen LogP contribution in [-0.2, 0) is 22.5 Å². The minimum Gasteiger partial charge on any atom is -0.508 e. The fraction of sp³-hybridized carbons (Fsp3) is 0.333. The summed E-state index contributed by atoms with van der Waals surface area (Å²) < 4.78 is 5.35. The van der Waals surface area contributed by atoms with E-state index in [1.54, 1.807) is 39.0 Å². The molecule has 0 saturated carbocycles. The molecule has 2 aromatic rings. The van der Waals surface area contributed by atoms with Crippen molar-refractivity contribution >= 4 is 35.1 Å². The van der Waals surface area contributed by atoms with Gasteiger partial charge in [0.25, 0.3) is 0 Å². The molecular weight excluding hydrogens is 417 g/mol. The Labute approximate surface area is 179 Å². The quantitative estimate of drug-likeness (QED) is 0.551. The SMILES string of the molecule is CC(C)(C)OC(=O)c1c(Cl)ccc(CNC(Cc2ccc(O)cc2)C(=O)O)c1Cl. The average molecular weight is 440 g/mol. The average Bonchev–Trinajstić information content (AvgIpc) is 2.60. The van der Waals surface area contributed by atoms with Crippen molar-refractivity contribution in [1.82, 2.24) is 5.32 Å². The summed E-state index contributed by atoms with van der Waals surface area (Å²) in [6.07, 6.45) is 0.208. The second kappa shape index (κ2) is 9.48. The monoisotopic (exact) mass is 439 g/mol. The predicted molar refractivity (Wildman–Crippen MR) is 112 cm³/mol. The number of carboxylic acids is 1. The molecule has 8 heteroatoms. The molecule has 6 nitrogen and oxygen atoms in total. The molecule has 3 N–H and O–H groups in total. The zero-order chi connectivity index (χ0) is 21.8. The first kappa shape index (κ1) is 23.0. The Morgan fingerprint density at radius 1 is 1.10 bits per heavy atom. The number of esters is 1. The Morgan fingerprint density at radius 2 is 1.72 bits per heavy atom. The van der Waals surface area contributed by atoms with Gasteiger partial charge < -0.3 is 14.9 Å². The van der Waals surface area contributed by atoms with E-state index in [1.807, 2.05) is 0 Å². The molecule has 0 aliphatic carbocycles. The molecule has 156 valence electrons. The number of aromatic hydroxyl groups is 1. The first-order valence-electron chi connectivity index (χ1n) is 8.92. The fourth-order valence-corrected chi connectivity index (χ4v) is 3.19. The first-order chi connectivity index (χ1) is 13.5. The van der Waals surface area contributed by atoms with E-state index in [1.165, 1.54) is 18.2 Å². The van der Waals surface area contributed by atoms with E-state index in [-0.39, 0.29) is 34.3 Å². The van der Waals surface area contributed by atoms with Crippen LogP contribution in [0.1, 0.15) is 42.3 Å². The molecule has 0 saturated heterocycles. The molecule has 29 heavy (non-hydrogen) atoms. The normalized spacial score (nSPS) is 12.4. The molecule has 2 aromatic carbocycles. The molecule has 0 aliphatic heterocycles. The van der Waals surface area contributed by atoms with Crippen molar-refractivity contribution in [2.75, 3.05) is 0 Å². The van der Waals surface area contributed by atoms with Crippen molar-refractivity contribution in [2.45, 2.75) is 45.4 Å². The van der Waals surface area contributed by atoms with Gasteiger partial charge in [-0.25, -0.2) is 4.79 Å². The zero-order valence-electron chi connectivity index (χ0n) is 16.3. The van der Waals surface area contributed by atoms with Gasteiger partial charge in [-0.3, -0.25) is 10.1 Å². The summed E-state index contributed by atoms with van der Waals surface area (Å²) in [4.78, 5) is 24.1. The summed E-state index contributed by atoms with van der Waals surface area (Å²) >= 11 is 12.5. The van der Waals surface area contributed by atoms with Gasteiger partial charge in [-0.1, -0.05) is 41.4 Å². The van der Waals surface area contributed by atoms with Crippen molar-refractivity contribution in [3.63, 3.8) is 0 Å². The van der Waals surface area contributed by atoms with Crippen LogP contribution in [0, 0.1) is 0 Å². The molecule has 2 rings (SSSR count). The van der Waals surface area contributed by atoms with Crippen LogP contribution in [0.2, 0.25) is 10.0 Å². The van der Waals surface area contributed by atoms with Crippen LogP contribution >= 0.6 is 23.2 Å². The van der Waals surface area contributed by atoms with Gasteiger partial charge in [-0.05, 0) is 56.5 Å². The molecule has 0 heterocycles. The summed E-state index contributed by atoms with van der Waals surface area (Å²) in [7, 11) is 0. The van der Waals surface area contributed by atoms with Crippen LogP contribution in [0.3, 0.4) is 0 Å². The Morgan fingerprint density at radius 3 is 2.28 bits per heavy atom. The standard InChI is InChI=1S/C21H23Cl2NO5/c1-21(2,3)29-20(28)17-15(22)9-6-13(18(17)23)11-24-16(19(26)27)10-12-4-7-14(25)8-5-12/h4-9,16,24-25H,10-11H2,1-3H3,(H,26,27). The van der Waals surface area contributed by atoms with Crippen LogP contribution in [0.15, 0.2) is 36.4 Å². The van der Waals surface area contributed by atoms with Gasteiger partial charge in [0.15, 0.2) is 0 Å². The predicted octanol–water partition coefficient (Wildman–Crippen LogP) is 4.44. The highest BCUT2D eigenvalue weighted by Crippen LogP contribution is 2.30. The number of hydrogen-bond donors (Lipinski definition) is 3. The highest BCUT2D eigenvalue weighted by Gasteiger charge is 2.25. The number of hydrogen-bond acceptors (Lipinski definition) is 5. The highest BCUT2D eigenvalue weighted by atomic mass is 35.5. The van der Waals surface area contributed by atoms with Crippen LogP contribution < -0.4 is 5.32 Å². The number of carboxylic acid groups (broad SMARTS) is 1. The minimum absolute atomic E-state index is 0.0490. The van der Waals surface area contributed by atoms with E-state index in [0.717, 1.165) is 5.56 Å². The number of halogens is 2. The topological polar surface area (TPSA) is 95.9 Å². The van der Waals surface area contributed by atoms with E-state index >= 15 is 0 Å². The highest BCUT2D eigenvalue weighted by molar-refractivity contribution is 6.39. The van der Waals surface area contributed by atoms with Crippen LogP contribution in [0.5, 0.6) is 5.75 Å². The lowest BCUT2D eigenvalue weighted by Crippen LogP contribution is -2.38. The van der Waals surface area contributed by atoms with Gasteiger partial charge in [-0.2, -0.15) is 0 Å². The summed E-state index contributed by atoms with van der Waals surface area (Å²) in [5, 5.41) is 22.1. The van der Waals surface area contributed by atoms with Gasteiger partial charge in [0.05, 0.1) is 15.6 Å². The maximum absolute atomic E-state index is 12.4. The van der Waals surface area contributed by atoms with Gasteiger partial charge in [0.1, 0.15) is 17.4 Å². The maximum Gasteiger partial charge on any atom is 0.341 e. The maximum atomic E-state index is 12.4. The second-order valence-corrected chi connectivity index (χ2v) is 8.32. The molecule has 0 aliphatic rings. The van der Waals surface area contributed by atoms with Crippen molar-refractivity contribution in [3.8, 4) is 5.75 Å². The second-order valence-electron chi connectivity index (χ2n) is 7.54. The van der Waals surface area contributed by atoms with Gasteiger partial charge in [-0.15, -0.1) is 0 Å². The molecule has 0 aromatic heterocycles. The largest absolute Gasteiger partial charge is 0.508 e. The number of phenols is 1. The number of phenolic OH excluding ortho intramolecular Hbond substituents is 1. The number of rotatable bonds is 7. The molecule has 1 atom stereocenters. The summed E-state index contributed by atoms with van der Waals surface area (Å²) in [5.74, 6) is -1.57. The lowest BCUT2D eigenvalue weighted by Gasteiger charge is -2.21. The Bertz CT molecular complexity index is 891. The Hall–Kier alpha value is -2.28. The van der Waals surface area contributed by atoms with E-state index in [0.29, 0.717) is 5.56 Å². The molecule has 1 unspecified atom stereocenters. The third-order valence-electron chi connectivity index (χ3n) is 3.99. The number of nitrogens with one attached hydrogen (secondary N) is 1. The van der Waals surface area contributed by atoms with Crippen LogP contribution in [0.25, 0.3) is 0 Å². The Balaban J connectivity index is 2.17. The third kappa shape index (κ3) is 6.63. The van der Waals surface area contributed by atoms with Crippen molar-refractivity contribution < 1.29 is 24.5 Å². The number of aliphatic carboxylic acids is 1. The van der Waals surface area contributed by atoms with Crippen molar-refractivity contribution in [1.29, 1.82) is 0 Å². The Kier molecular flexibility index (Phi) is 7.52. The smallest absolute Gasteiger partial charge is 0.341 e.